The van der Waals surface area contributed by atoms with Crippen LogP contribution in [0.25, 0.3) is 0 Å². The van der Waals surface area contributed by atoms with Gasteiger partial charge in [0, 0.05) is 25.8 Å². The Labute approximate surface area is 103 Å². The Morgan fingerprint density at radius 2 is 2.00 bits per heavy atom. The Kier molecular flexibility index (Phi) is 7.38. The molecular formula is C13H21NO3. The maximum Gasteiger partial charge on any atom is 0.120 e. The summed E-state index contributed by atoms with van der Waals surface area (Å²) in [5, 5.41) is 12.8. The van der Waals surface area contributed by atoms with Gasteiger partial charge < -0.3 is 19.9 Å². The minimum atomic E-state index is 0.344. The molecule has 0 fully saturated rings. The molecule has 17 heavy (non-hydrogen) atoms. The van der Waals surface area contributed by atoms with Crippen molar-refractivity contribution in [2.75, 3.05) is 33.5 Å². The quantitative estimate of drug-likeness (QED) is 0.642. The number of aromatic hydroxyl groups is 1. The first-order valence-electron chi connectivity index (χ1n) is 5.89. The van der Waals surface area contributed by atoms with Gasteiger partial charge in [-0.05, 0) is 19.0 Å². The van der Waals surface area contributed by atoms with Crippen molar-refractivity contribution in [1.29, 1.82) is 0 Å². The van der Waals surface area contributed by atoms with Crippen LogP contribution in [0.5, 0.6) is 5.75 Å². The van der Waals surface area contributed by atoms with Crippen LogP contribution in [-0.2, 0) is 16.0 Å². The van der Waals surface area contributed by atoms with Crippen molar-refractivity contribution in [3.63, 3.8) is 0 Å². The first-order valence-corrected chi connectivity index (χ1v) is 5.89. The summed E-state index contributed by atoms with van der Waals surface area (Å²) in [6, 6.07) is 7.36. The van der Waals surface area contributed by atoms with E-state index in [4.69, 9.17) is 9.47 Å². The lowest BCUT2D eigenvalue weighted by atomic mass is 10.2. The van der Waals surface area contributed by atoms with Gasteiger partial charge in [-0.3, -0.25) is 0 Å². The Hall–Kier alpha value is -1.10. The average molecular weight is 239 g/mol. The number of rotatable bonds is 9. The molecule has 1 rings (SSSR count). The lowest BCUT2D eigenvalue weighted by Gasteiger charge is -2.07. The van der Waals surface area contributed by atoms with Crippen LogP contribution < -0.4 is 5.32 Å². The van der Waals surface area contributed by atoms with E-state index < -0.39 is 0 Å². The van der Waals surface area contributed by atoms with E-state index >= 15 is 0 Å². The maximum atomic E-state index is 9.53. The van der Waals surface area contributed by atoms with Gasteiger partial charge in [0.1, 0.15) is 5.75 Å². The van der Waals surface area contributed by atoms with Gasteiger partial charge in [-0.25, -0.2) is 0 Å². The van der Waals surface area contributed by atoms with E-state index in [-0.39, 0.29) is 0 Å². The fourth-order valence-corrected chi connectivity index (χ4v) is 1.43. The summed E-state index contributed by atoms with van der Waals surface area (Å²) in [7, 11) is 1.66. The zero-order valence-electron chi connectivity index (χ0n) is 10.3. The summed E-state index contributed by atoms with van der Waals surface area (Å²) in [6.45, 7) is 3.59. The number of nitrogens with one attached hydrogen (secondary N) is 1. The molecule has 1 aromatic carbocycles. The first kappa shape index (κ1) is 14.0. The second-order valence-corrected chi connectivity index (χ2v) is 3.76. The fourth-order valence-electron chi connectivity index (χ4n) is 1.43. The van der Waals surface area contributed by atoms with Gasteiger partial charge in [-0.1, -0.05) is 18.2 Å². The highest BCUT2D eigenvalue weighted by Gasteiger charge is 1.97. The molecule has 2 N–H and O–H groups in total. The largest absolute Gasteiger partial charge is 0.508 e. The number of phenolic OH excluding ortho intramolecular Hbond substituents is 1. The Balaban J connectivity index is 1.99. The average Bonchev–Trinajstić information content (AvgIpc) is 2.35. The van der Waals surface area contributed by atoms with Gasteiger partial charge in [-0.2, -0.15) is 0 Å². The van der Waals surface area contributed by atoms with E-state index in [2.05, 4.69) is 5.32 Å². The lowest BCUT2D eigenvalue weighted by molar-refractivity contribution is 0.0695. The van der Waals surface area contributed by atoms with Crippen LogP contribution in [-0.4, -0.2) is 38.6 Å². The van der Waals surface area contributed by atoms with E-state index in [1.165, 1.54) is 0 Å². The Bertz CT molecular complexity index is 304. The number of hydrogen-bond acceptors (Lipinski definition) is 4. The van der Waals surface area contributed by atoms with E-state index in [1.807, 2.05) is 18.2 Å². The molecule has 0 spiro atoms. The highest BCUT2D eigenvalue weighted by atomic mass is 16.5. The SMILES string of the molecule is COCCOCCCNCc1ccccc1O. The monoisotopic (exact) mass is 239 g/mol. The van der Waals surface area contributed by atoms with Crippen molar-refractivity contribution in [3.05, 3.63) is 29.8 Å². The van der Waals surface area contributed by atoms with Crippen molar-refractivity contribution in [3.8, 4) is 5.75 Å². The number of phenols is 1. The number of benzene rings is 1. The van der Waals surface area contributed by atoms with Crippen LogP contribution >= 0.6 is 0 Å². The molecule has 0 unspecified atom stereocenters. The fraction of sp³-hybridized carbons (Fsp3) is 0.538. The minimum Gasteiger partial charge on any atom is -0.508 e. The molecule has 0 atom stereocenters. The predicted octanol–water partition coefficient (Wildman–Crippen LogP) is 1.53. The van der Waals surface area contributed by atoms with Crippen molar-refractivity contribution in [2.45, 2.75) is 13.0 Å². The standard InChI is InChI=1S/C13H21NO3/c1-16-9-10-17-8-4-7-14-11-12-5-2-3-6-13(12)15/h2-3,5-6,14-15H,4,7-11H2,1H3. The Morgan fingerprint density at radius 1 is 1.18 bits per heavy atom. The summed E-state index contributed by atoms with van der Waals surface area (Å²) in [5.74, 6) is 0.344. The van der Waals surface area contributed by atoms with Gasteiger partial charge in [0.15, 0.2) is 0 Å². The van der Waals surface area contributed by atoms with Crippen LogP contribution in [0, 0.1) is 0 Å². The van der Waals surface area contributed by atoms with E-state index in [9.17, 15) is 5.11 Å². The van der Waals surface area contributed by atoms with Crippen LogP contribution in [0.4, 0.5) is 0 Å². The molecule has 1 aromatic rings. The predicted molar refractivity (Wildman–Crippen MR) is 67.1 cm³/mol. The third-order valence-corrected chi connectivity index (χ3v) is 2.38. The van der Waals surface area contributed by atoms with Crippen LogP contribution in [0.15, 0.2) is 24.3 Å². The van der Waals surface area contributed by atoms with Crippen molar-refractivity contribution in [2.24, 2.45) is 0 Å². The van der Waals surface area contributed by atoms with Crippen LogP contribution in [0.1, 0.15) is 12.0 Å². The van der Waals surface area contributed by atoms with Crippen molar-refractivity contribution in [1.82, 2.24) is 5.32 Å². The summed E-state index contributed by atoms with van der Waals surface area (Å²) >= 11 is 0. The van der Waals surface area contributed by atoms with Gasteiger partial charge >= 0.3 is 0 Å². The van der Waals surface area contributed by atoms with E-state index in [0.717, 1.165) is 25.1 Å². The summed E-state index contributed by atoms with van der Waals surface area (Å²) in [4.78, 5) is 0. The zero-order chi connectivity index (χ0) is 12.3. The molecule has 0 aliphatic carbocycles. The summed E-state index contributed by atoms with van der Waals surface area (Å²) in [5.41, 5.74) is 0.924. The van der Waals surface area contributed by atoms with Crippen LogP contribution in [0.2, 0.25) is 0 Å². The molecule has 96 valence electrons. The molecule has 0 saturated carbocycles. The molecule has 0 radical (unpaired) electrons. The van der Waals surface area contributed by atoms with Crippen molar-refractivity contribution < 1.29 is 14.6 Å². The van der Waals surface area contributed by atoms with Gasteiger partial charge in [0.25, 0.3) is 0 Å². The van der Waals surface area contributed by atoms with Crippen LogP contribution in [0.3, 0.4) is 0 Å². The second-order valence-electron chi connectivity index (χ2n) is 3.76. The molecule has 0 heterocycles. The topological polar surface area (TPSA) is 50.7 Å². The second kappa shape index (κ2) is 8.98. The highest BCUT2D eigenvalue weighted by molar-refractivity contribution is 5.31. The molecular weight excluding hydrogens is 218 g/mol. The lowest BCUT2D eigenvalue weighted by Crippen LogP contribution is -2.17. The third kappa shape index (κ3) is 6.26. The van der Waals surface area contributed by atoms with Gasteiger partial charge in [0.2, 0.25) is 0 Å². The molecule has 0 amide bonds. The molecule has 0 aliphatic heterocycles. The molecule has 0 aromatic heterocycles. The molecule has 4 nitrogen and oxygen atoms in total. The molecule has 0 aliphatic rings. The maximum absolute atomic E-state index is 9.53. The Morgan fingerprint density at radius 3 is 2.76 bits per heavy atom. The summed E-state index contributed by atoms with van der Waals surface area (Å²) < 4.78 is 10.2. The molecule has 0 bridgehead atoms. The van der Waals surface area contributed by atoms with E-state index in [1.54, 1.807) is 13.2 Å². The van der Waals surface area contributed by atoms with Crippen molar-refractivity contribution >= 4 is 0 Å². The zero-order valence-corrected chi connectivity index (χ0v) is 10.3. The first-order chi connectivity index (χ1) is 8.34. The van der Waals surface area contributed by atoms with E-state index in [0.29, 0.717) is 25.5 Å². The van der Waals surface area contributed by atoms with Gasteiger partial charge in [-0.15, -0.1) is 0 Å². The summed E-state index contributed by atoms with van der Waals surface area (Å²) in [6.07, 6.45) is 0.956. The minimum absolute atomic E-state index is 0.344. The highest BCUT2D eigenvalue weighted by Crippen LogP contribution is 2.14. The molecule has 4 heteroatoms. The number of methoxy groups -OCH3 is 1. The normalized spacial score (nSPS) is 10.6. The molecule has 0 saturated heterocycles. The smallest absolute Gasteiger partial charge is 0.120 e. The van der Waals surface area contributed by atoms with Gasteiger partial charge in [0.05, 0.1) is 13.2 Å². The number of para-hydroxylation sites is 1. The third-order valence-electron chi connectivity index (χ3n) is 2.38. The number of ether oxygens (including phenoxy) is 2. The number of hydrogen-bond donors (Lipinski definition) is 2.